The molecule has 2 rings (SSSR count). The van der Waals surface area contributed by atoms with E-state index in [0.717, 1.165) is 10.5 Å². The van der Waals surface area contributed by atoms with Gasteiger partial charge in [-0.1, -0.05) is 11.6 Å². The monoisotopic (exact) mass is 214 g/mol. The van der Waals surface area contributed by atoms with Crippen LogP contribution in [0.2, 0.25) is 5.15 Å². The predicted octanol–water partition coefficient (Wildman–Crippen LogP) is 1.69. The minimum atomic E-state index is 0.439. The van der Waals surface area contributed by atoms with Gasteiger partial charge in [-0.15, -0.1) is 11.8 Å². The minimum Gasteiger partial charge on any atom is -0.382 e. The summed E-state index contributed by atoms with van der Waals surface area (Å²) in [5, 5.41) is 4.47. The van der Waals surface area contributed by atoms with Gasteiger partial charge in [0.25, 0.3) is 0 Å². The highest BCUT2D eigenvalue weighted by Gasteiger charge is 2.06. The van der Waals surface area contributed by atoms with Gasteiger partial charge in [-0.25, -0.2) is 9.50 Å². The van der Waals surface area contributed by atoms with Gasteiger partial charge in [0, 0.05) is 0 Å². The fourth-order valence-corrected chi connectivity index (χ4v) is 1.89. The van der Waals surface area contributed by atoms with Crippen molar-refractivity contribution in [3.63, 3.8) is 0 Å². The number of hydrogen-bond donors (Lipinski definition) is 1. The van der Waals surface area contributed by atoms with Crippen LogP contribution in [0.3, 0.4) is 0 Å². The number of imidazole rings is 1. The van der Waals surface area contributed by atoms with Crippen molar-refractivity contribution in [1.29, 1.82) is 0 Å². The molecule has 68 valence electrons. The molecule has 0 fully saturated rings. The summed E-state index contributed by atoms with van der Waals surface area (Å²) in [4.78, 5) is 5.09. The maximum atomic E-state index is 5.80. The fraction of sp³-hybridized carbons (Fsp3) is 0.143. The topological polar surface area (TPSA) is 56.2 Å². The zero-order chi connectivity index (χ0) is 9.42. The molecule has 2 N–H and O–H groups in total. The summed E-state index contributed by atoms with van der Waals surface area (Å²) in [6.45, 7) is 0. The zero-order valence-corrected chi connectivity index (χ0v) is 8.43. The number of anilines is 1. The molecule has 0 aliphatic heterocycles. The molecule has 0 bridgehead atoms. The Bertz CT molecular complexity index is 453. The number of nitrogens with zero attached hydrogens (tertiary/aromatic N) is 3. The van der Waals surface area contributed by atoms with Gasteiger partial charge < -0.3 is 5.73 Å². The number of nitrogen functional groups attached to an aromatic ring is 1. The Morgan fingerprint density at radius 1 is 1.62 bits per heavy atom. The third-order valence-corrected chi connectivity index (χ3v) is 2.53. The second kappa shape index (κ2) is 3.08. The number of thioether (sulfide) groups is 1. The molecule has 2 heterocycles. The van der Waals surface area contributed by atoms with Crippen LogP contribution in [0.5, 0.6) is 0 Å². The van der Waals surface area contributed by atoms with E-state index in [1.807, 2.05) is 6.26 Å². The summed E-state index contributed by atoms with van der Waals surface area (Å²) in [6, 6.07) is 1.77. The zero-order valence-electron chi connectivity index (χ0n) is 6.86. The molecular formula is C7H7ClN4S. The van der Waals surface area contributed by atoms with Crippen molar-refractivity contribution >= 4 is 34.8 Å². The van der Waals surface area contributed by atoms with Gasteiger partial charge in [-0.2, -0.15) is 5.10 Å². The average Bonchev–Trinajstić information content (AvgIpc) is 2.43. The first-order valence-corrected chi connectivity index (χ1v) is 5.16. The van der Waals surface area contributed by atoms with Crippen LogP contribution >= 0.6 is 23.4 Å². The van der Waals surface area contributed by atoms with E-state index >= 15 is 0 Å². The van der Waals surface area contributed by atoms with E-state index in [-0.39, 0.29) is 0 Å². The van der Waals surface area contributed by atoms with E-state index < -0.39 is 0 Å². The number of fused-ring (bicyclic) bond motifs is 1. The minimum absolute atomic E-state index is 0.439. The van der Waals surface area contributed by atoms with Gasteiger partial charge in [0.2, 0.25) is 0 Å². The van der Waals surface area contributed by atoms with Crippen molar-refractivity contribution in [2.75, 3.05) is 12.0 Å². The number of aromatic nitrogens is 3. The molecule has 0 aliphatic carbocycles. The number of nitrogens with two attached hydrogens (primary N) is 1. The van der Waals surface area contributed by atoms with Crippen LogP contribution in [0.15, 0.2) is 17.2 Å². The number of hydrogen-bond acceptors (Lipinski definition) is 4. The Kier molecular flexibility index (Phi) is 2.05. The molecule has 0 spiro atoms. The van der Waals surface area contributed by atoms with Crippen LogP contribution in [-0.2, 0) is 0 Å². The molecule has 0 atom stereocenters. The van der Waals surface area contributed by atoms with Crippen LogP contribution in [-0.4, -0.2) is 20.9 Å². The molecule has 0 saturated heterocycles. The Labute approximate surface area is 84.1 Å². The average molecular weight is 215 g/mol. The smallest absolute Gasteiger partial charge is 0.169 e. The second-order valence-electron chi connectivity index (χ2n) is 2.47. The molecule has 0 aliphatic rings. The predicted molar refractivity (Wildman–Crippen MR) is 54.2 cm³/mol. The molecule has 13 heavy (non-hydrogen) atoms. The summed E-state index contributed by atoms with van der Waals surface area (Å²) in [7, 11) is 0. The molecule has 2 aromatic heterocycles. The fourth-order valence-electron chi connectivity index (χ4n) is 1.09. The van der Waals surface area contributed by atoms with E-state index in [1.165, 1.54) is 0 Å². The van der Waals surface area contributed by atoms with Crippen molar-refractivity contribution in [2.24, 2.45) is 0 Å². The maximum Gasteiger partial charge on any atom is 0.169 e. The SMILES string of the molecule is CSc1cc(Cl)nn2cc(N)nc12. The summed E-state index contributed by atoms with van der Waals surface area (Å²) in [6.07, 6.45) is 3.59. The van der Waals surface area contributed by atoms with Crippen molar-refractivity contribution in [3.8, 4) is 0 Å². The highest BCUT2D eigenvalue weighted by Crippen LogP contribution is 2.23. The number of rotatable bonds is 1. The Balaban J connectivity index is 2.80. The summed E-state index contributed by atoms with van der Waals surface area (Å²) >= 11 is 7.36. The van der Waals surface area contributed by atoms with E-state index in [2.05, 4.69) is 10.1 Å². The third-order valence-electron chi connectivity index (χ3n) is 1.60. The van der Waals surface area contributed by atoms with Gasteiger partial charge >= 0.3 is 0 Å². The Morgan fingerprint density at radius 2 is 2.38 bits per heavy atom. The second-order valence-corrected chi connectivity index (χ2v) is 3.70. The summed E-state index contributed by atoms with van der Waals surface area (Å²) < 4.78 is 1.59. The first-order valence-electron chi connectivity index (χ1n) is 3.56. The highest BCUT2D eigenvalue weighted by molar-refractivity contribution is 7.98. The third kappa shape index (κ3) is 1.45. The maximum absolute atomic E-state index is 5.80. The van der Waals surface area contributed by atoms with E-state index in [9.17, 15) is 0 Å². The summed E-state index contributed by atoms with van der Waals surface area (Å²) in [5.74, 6) is 0.449. The Morgan fingerprint density at radius 3 is 3.08 bits per heavy atom. The van der Waals surface area contributed by atoms with Crippen molar-refractivity contribution in [2.45, 2.75) is 4.90 Å². The van der Waals surface area contributed by atoms with Crippen LogP contribution in [0.4, 0.5) is 5.82 Å². The van der Waals surface area contributed by atoms with Crippen LogP contribution in [0.25, 0.3) is 5.65 Å². The van der Waals surface area contributed by atoms with E-state index in [4.69, 9.17) is 17.3 Å². The highest BCUT2D eigenvalue weighted by atomic mass is 35.5. The van der Waals surface area contributed by atoms with Gasteiger partial charge in [0.05, 0.1) is 11.1 Å². The number of halogens is 1. The van der Waals surface area contributed by atoms with E-state index in [0.29, 0.717) is 11.0 Å². The van der Waals surface area contributed by atoms with Gasteiger partial charge in [0.15, 0.2) is 10.8 Å². The standard InChI is InChI=1S/C7H7ClN4S/c1-13-4-2-5(8)11-12-3-6(9)10-7(4)12/h2-3H,9H2,1H3. The quantitative estimate of drug-likeness (QED) is 0.734. The molecule has 6 heteroatoms. The van der Waals surface area contributed by atoms with Gasteiger partial charge in [-0.05, 0) is 12.3 Å². The molecule has 0 saturated carbocycles. The molecule has 0 radical (unpaired) electrons. The first-order chi connectivity index (χ1) is 6.20. The molecule has 0 aromatic carbocycles. The molecule has 0 amide bonds. The normalized spacial score (nSPS) is 10.9. The summed E-state index contributed by atoms with van der Waals surface area (Å²) in [5.41, 5.74) is 6.28. The van der Waals surface area contributed by atoms with Crippen molar-refractivity contribution < 1.29 is 0 Å². The van der Waals surface area contributed by atoms with Crippen molar-refractivity contribution in [3.05, 3.63) is 17.4 Å². The van der Waals surface area contributed by atoms with Crippen LogP contribution < -0.4 is 5.73 Å². The van der Waals surface area contributed by atoms with Gasteiger partial charge in [-0.3, -0.25) is 0 Å². The van der Waals surface area contributed by atoms with E-state index in [1.54, 1.807) is 28.5 Å². The van der Waals surface area contributed by atoms with Crippen LogP contribution in [0, 0.1) is 0 Å². The Hall–Kier alpha value is -0.940. The molecule has 4 nitrogen and oxygen atoms in total. The van der Waals surface area contributed by atoms with Gasteiger partial charge in [0.1, 0.15) is 5.82 Å². The lowest BCUT2D eigenvalue weighted by molar-refractivity contribution is 0.918. The molecular weight excluding hydrogens is 208 g/mol. The van der Waals surface area contributed by atoms with Crippen LogP contribution in [0.1, 0.15) is 0 Å². The molecule has 2 aromatic rings. The lowest BCUT2D eigenvalue weighted by atomic mass is 10.5. The molecule has 0 unspecified atom stereocenters. The van der Waals surface area contributed by atoms with Crippen molar-refractivity contribution in [1.82, 2.24) is 14.6 Å². The lowest BCUT2D eigenvalue weighted by Crippen LogP contribution is -1.92. The largest absolute Gasteiger partial charge is 0.382 e. The first kappa shape index (κ1) is 8.65. The lowest BCUT2D eigenvalue weighted by Gasteiger charge is -1.98.